The maximum Gasteiger partial charge on any atom is 0.191 e. The predicted molar refractivity (Wildman–Crippen MR) is 130 cm³/mol. The van der Waals surface area contributed by atoms with Crippen molar-refractivity contribution in [2.45, 2.75) is 63.7 Å². The van der Waals surface area contributed by atoms with E-state index >= 15 is 0 Å². The van der Waals surface area contributed by atoms with E-state index in [0.29, 0.717) is 29.4 Å². The fraction of sp³-hybridized carbons (Fsp3) is 0.708. The van der Waals surface area contributed by atoms with Crippen LogP contribution in [0.2, 0.25) is 0 Å². The Kier molecular flexibility index (Phi) is 6.95. The molecular weight excluding hydrogens is 489 g/mol. The molecule has 2 saturated carbocycles. The topological polar surface area (TPSA) is 54.9 Å². The number of fused-ring (bicyclic) bond motifs is 2. The molecule has 4 aliphatic rings. The normalized spacial score (nSPS) is 34.3. The number of halogens is 1. The van der Waals surface area contributed by atoms with Crippen LogP contribution in [0.1, 0.15) is 55.8 Å². The Bertz CT molecular complexity index is 749. The van der Waals surface area contributed by atoms with E-state index in [-0.39, 0.29) is 30.1 Å². The van der Waals surface area contributed by atoms with E-state index in [1.165, 1.54) is 43.2 Å². The van der Waals surface area contributed by atoms with Gasteiger partial charge in [0.1, 0.15) is 0 Å². The van der Waals surface area contributed by atoms with Crippen molar-refractivity contribution in [1.29, 1.82) is 0 Å². The molecule has 4 fully saturated rings. The van der Waals surface area contributed by atoms with Gasteiger partial charge in [0.15, 0.2) is 5.96 Å². The average molecular weight is 525 g/mol. The van der Waals surface area contributed by atoms with Crippen molar-refractivity contribution in [2.24, 2.45) is 22.2 Å². The van der Waals surface area contributed by atoms with Gasteiger partial charge in [-0.2, -0.15) is 0 Å². The van der Waals surface area contributed by atoms with Crippen LogP contribution in [0.25, 0.3) is 0 Å². The summed E-state index contributed by atoms with van der Waals surface area (Å²) in [6.07, 6.45) is 8.11. The Labute approximate surface area is 197 Å². The standard InChI is InChI=1S/C24H35N3O2.HI/c1-16-6-8-17(9-7-16)20-18(5-3-13-28-20)15-26-23(25-2)27-21-19-10-14-29-22(19)24(21)11-4-12-24;/h6-9,18-22H,3-5,10-15H2,1-2H3,(H2,25,26,27);1H. The fourth-order valence-corrected chi connectivity index (χ4v) is 6.20. The molecule has 2 aliphatic carbocycles. The third-order valence-electron chi connectivity index (χ3n) is 7.93. The Hall–Kier alpha value is -0.860. The van der Waals surface area contributed by atoms with Gasteiger partial charge in [0.2, 0.25) is 0 Å². The van der Waals surface area contributed by atoms with E-state index in [2.05, 4.69) is 46.8 Å². The van der Waals surface area contributed by atoms with Crippen molar-refractivity contribution in [3.8, 4) is 0 Å². The first-order valence-corrected chi connectivity index (χ1v) is 11.5. The molecule has 1 aromatic carbocycles. The largest absolute Gasteiger partial charge is 0.377 e. The molecule has 30 heavy (non-hydrogen) atoms. The molecule has 5 unspecified atom stereocenters. The van der Waals surface area contributed by atoms with Gasteiger partial charge < -0.3 is 20.1 Å². The fourth-order valence-electron chi connectivity index (χ4n) is 6.20. The summed E-state index contributed by atoms with van der Waals surface area (Å²) < 4.78 is 12.3. The number of hydrogen-bond acceptors (Lipinski definition) is 3. The zero-order valence-corrected chi connectivity index (χ0v) is 20.6. The quantitative estimate of drug-likeness (QED) is 0.352. The van der Waals surface area contributed by atoms with E-state index in [1.54, 1.807) is 0 Å². The summed E-state index contributed by atoms with van der Waals surface area (Å²) in [4.78, 5) is 4.55. The Morgan fingerprint density at radius 3 is 2.60 bits per heavy atom. The lowest BCUT2D eigenvalue weighted by Gasteiger charge is -2.63. The van der Waals surface area contributed by atoms with Crippen molar-refractivity contribution in [2.75, 3.05) is 26.8 Å². The van der Waals surface area contributed by atoms with E-state index < -0.39 is 0 Å². The number of aryl methyl sites for hydroxylation is 1. The van der Waals surface area contributed by atoms with Crippen molar-refractivity contribution >= 4 is 29.9 Å². The van der Waals surface area contributed by atoms with E-state index in [4.69, 9.17) is 9.47 Å². The molecule has 1 spiro atoms. The number of aliphatic imine (C=N–C) groups is 1. The summed E-state index contributed by atoms with van der Waals surface area (Å²) in [5, 5.41) is 7.42. The smallest absolute Gasteiger partial charge is 0.191 e. The summed E-state index contributed by atoms with van der Waals surface area (Å²) in [5.74, 6) is 2.07. The van der Waals surface area contributed by atoms with Gasteiger partial charge in [-0.1, -0.05) is 36.2 Å². The van der Waals surface area contributed by atoms with Crippen LogP contribution < -0.4 is 10.6 Å². The molecule has 0 radical (unpaired) electrons. The first-order chi connectivity index (χ1) is 14.2. The highest BCUT2D eigenvalue weighted by atomic mass is 127. The average Bonchev–Trinajstić information content (AvgIpc) is 3.13. The second-order valence-electron chi connectivity index (χ2n) is 9.51. The lowest BCUT2D eigenvalue weighted by molar-refractivity contribution is -0.171. The second-order valence-corrected chi connectivity index (χ2v) is 9.51. The minimum atomic E-state index is 0. The summed E-state index contributed by atoms with van der Waals surface area (Å²) in [7, 11) is 1.89. The maximum absolute atomic E-state index is 6.20. The summed E-state index contributed by atoms with van der Waals surface area (Å²) >= 11 is 0. The van der Waals surface area contributed by atoms with E-state index in [1.807, 2.05) is 7.05 Å². The third-order valence-corrected chi connectivity index (χ3v) is 7.93. The molecule has 1 aromatic rings. The van der Waals surface area contributed by atoms with Crippen LogP contribution >= 0.6 is 24.0 Å². The molecule has 2 heterocycles. The van der Waals surface area contributed by atoms with Crippen LogP contribution in [0.5, 0.6) is 0 Å². The lowest BCUT2D eigenvalue weighted by Crippen LogP contribution is -2.72. The van der Waals surface area contributed by atoms with Gasteiger partial charge in [-0.05, 0) is 44.6 Å². The molecule has 5 nitrogen and oxygen atoms in total. The molecule has 0 aromatic heterocycles. The van der Waals surface area contributed by atoms with Gasteiger partial charge in [0, 0.05) is 50.1 Å². The SMILES string of the molecule is CN=C(NCC1CCCOC1c1ccc(C)cc1)NC1C2CCOC2C12CCC2.I. The Morgan fingerprint density at radius 2 is 1.90 bits per heavy atom. The predicted octanol–water partition coefficient (Wildman–Crippen LogP) is 4.20. The minimum absolute atomic E-state index is 0. The molecular formula is C24H36IN3O2. The second kappa shape index (κ2) is 9.33. The number of hydrogen-bond donors (Lipinski definition) is 2. The number of rotatable bonds is 4. The molecule has 5 rings (SSSR count). The van der Waals surface area contributed by atoms with Crippen molar-refractivity contribution in [3.05, 3.63) is 35.4 Å². The zero-order chi connectivity index (χ0) is 19.8. The maximum atomic E-state index is 6.20. The third kappa shape index (κ3) is 3.88. The van der Waals surface area contributed by atoms with Crippen LogP contribution in [0.3, 0.4) is 0 Å². The number of nitrogens with zero attached hydrogens (tertiary/aromatic N) is 1. The van der Waals surface area contributed by atoms with Gasteiger partial charge in [0.05, 0.1) is 12.2 Å². The van der Waals surface area contributed by atoms with Crippen LogP contribution in [-0.4, -0.2) is 44.9 Å². The van der Waals surface area contributed by atoms with Gasteiger partial charge in [0.25, 0.3) is 0 Å². The monoisotopic (exact) mass is 525 g/mol. The summed E-state index contributed by atoms with van der Waals surface area (Å²) in [6.45, 7) is 4.81. The van der Waals surface area contributed by atoms with Gasteiger partial charge >= 0.3 is 0 Å². The Morgan fingerprint density at radius 1 is 1.10 bits per heavy atom. The summed E-state index contributed by atoms with van der Waals surface area (Å²) in [6, 6.07) is 9.34. The van der Waals surface area contributed by atoms with Gasteiger partial charge in [-0.25, -0.2) is 0 Å². The molecule has 6 heteroatoms. The first kappa shape index (κ1) is 22.3. The van der Waals surface area contributed by atoms with Crippen molar-refractivity contribution in [3.63, 3.8) is 0 Å². The number of guanidine groups is 1. The Balaban J connectivity index is 0.00000218. The minimum Gasteiger partial charge on any atom is -0.377 e. The molecule has 2 saturated heterocycles. The van der Waals surface area contributed by atoms with Crippen molar-refractivity contribution in [1.82, 2.24) is 10.6 Å². The zero-order valence-electron chi connectivity index (χ0n) is 18.2. The number of benzene rings is 1. The molecule has 0 amide bonds. The molecule has 0 bridgehead atoms. The first-order valence-electron chi connectivity index (χ1n) is 11.5. The van der Waals surface area contributed by atoms with E-state index in [9.17, 15) is 0 Å². The highest BCUT2D eigenvalue weighted by molar-refractivity contribution is 14.0. The molecule has 2 aliphatic heterocycles. The van der Waals surface area contributed by atoms with Gasteiger partial charge in [-0.15, -0.1) is 24.0 Å². The summed E-state index contributed by atoms with van der Waals surface area (Å²) in [5.41, 5.74) is 2.96. The van der Waals surface area contributed by atoms with Crippen LogP contribution in [0.4, 0.5) is 0 Å². The van der Waals surface area contributed by atoms with Crippen molar-refractivity contribution < 1.29 is 9.47 Å². The van der Waals surface area contributed by atoms with Crippen LogP contribution in [0.15, 0.2) is 29.3 Å². The highest BCUT2D eigenvalue weighted by Crippen LogP contribution is 2.62. The molecule has 2 N–H and O–H groups in total. The lowest BCUT2D eigenvalue weighted by atomic mass is 9.46. The van der Waals surface area contributed by atoms with Crippen LogP contribution in [0, 0.1) is 24.2 Å². The highest BCUT2D eigenvalue weighted by Gasteiger charge is 2.66. The molecule has 166 valence electrons. The van der Waals surface area contributed by atoms with E-state index in [0.717, 1.165) is 32.1 Å². The number of nitrogens with one attached hydrogen (secondary N) is 2. The number of ether oxygens (including phenoxy) is 2. The molecule has 5 atom stereocenters. The van der Waals surface area contributed by atoms with Crippen LogP contribution in [-0.2, 0) is 9.47 Å². The van der Waals surface area contributed by atoms with Gasteiger partial charge in [-0.3, -0.25) is 4.99 Å².